The molecule has 0 saturated heterocycles. The molecule has 0 aromatic heterocycles. The third-order valence-electron chi connectivity index (χ3n) is 4.69. The number of amides is 1. The van der Waals surface area contributed by atoms with Gasteiger partial charge in [0.25, 0.3) is 5.91 Å². The van der Waals surface area contributed by atoms with E-state index in [1.807, 2.05) is 18.2 Å². The van der Waals surface area contributed by atoms with Gasteiger partial charge in [-0.25, -0.2) is 5.43 Å². The van der Waals surface area contributed by atoms with E-state index in [2.05, 4.69) is 33.0 Å². The standard InChI is InChI=1S/C26H24BrClN2O5/c1-4-10-34-22-9-8-19(14-23(22)32-2)26(31)30-29-15-18-12-21(27)25(24(13-18)33-3)35-16-17-6-5-7-20(28)11-17/h4-9,11-15H,1,10,16H2,2-3H3,(H,30,31)/b29-15+. The summed E-state index contributed by atoms with van der Waals surface area (Å²) in [5.74, 6) is 1.60. The van der Waals surface area contributed by atoms with E-state index < -0.39 is 5.91 Å². The number of hydrogen-bond donors (Lipinski definition) is 1. The smallest absolute Gasteiger partial charge is 0.271 e. The van der Waals surface area contributed by atoms with E-state index in [0.29, 0.717) is 56.8 Å². The van der Waals surface area contributed by atoms with Crippen molar-refractivity contribution in [3.8, 4) is 23.0 Å². The predicted octanol–water partition coefficient (Wildman–Crippen LogP) is 6.03. The van der Waals surface area contributed by atoms with Crippen molar-refractivity contribution in [2.24, 2.45) is 5.10 Å². The highest BCUT2D eigenvalue weighted by atomic mass is 79.9. The van der Waals surface area contributed by atoms with Crippen LogP contribution in [0.15, 0.2) is 76.8 Å². The quantitative estimate of drug-likeness (QED) is 0.176. The van der Waals surface area contributed by atoms with Gasteiger partial charge in [-0.15, -0.1) is 0 Å². The average Bonchev–Trinajstić information content (AvgIpc) is 2.86. The van der Waals surface area contributed by atoms with Crippen molar-refractivity contribution in [2.75, 3.05) is 20.8 Å². The molecule has 0 aliphatic carbocycles. The van der Waals surface area contributed by atoms with E-state index >= 15 is 0 Å². The number of hydrazone groups is 1. The molecule has 1 N–H and O–H groups in total. The van der Waals surface area contributed by atoms with Gasteiger partial charge in [-0.05, 0) is 69.5 Å². The van der Waals surface area contributed by atoms with E-state index in [-0.39, 0.29) is 0 Å². The molecule has 182 valence electrons. The van der Waals surface area contributed by atoms with Crippen molar-refractivity contribution in [1.82, 2.24) is 5.43 Å². The second-order valence-electron chi connectivity index (χ2n) is 7.12. The van der Waals surface area contributed by atoms with Crippen LogP contribution in [0.1, 0.15) is 21.5 Å². The van der Waals surface area contributed by atoms with Gasteiger partial charge in [-0.1, -0.05) is 36.4 Å². The van der Waals surface area contributed by atoms with Gasteiger partial charge in [-0.3, -0.25) is 4.79 Å². The summed E-state index contributed by atoms with van der Waals surface area (Å²) in [4.78, 5) is 12.5. The normalized spacial score (nSPS) is 10.6. The van der Waals surface area contributed by atoms with Crippen LogP contribution in [-0.4, -0.2) is 32.9 Å². The lowest BCUT2D eigenvalue weighted by atomic mass is 10.2. The molecule has 0 radical (unpaired) electrons. The number of methoxy groups -OCH3 is 2. The van der Waals surface area contributed by atoms with Crippen LogP contribution in [0.5, 0.6) is 23.0 Å². The Labute approximate surface area is 217 Å². The van der Waals surface area contributed by atoms with E-state index in [9.17, 15) is 4.79 Å². The molecular formula is C26H24BrClN2O5. The van der Waals surface area contributed by atoms with Crippen LogP contribution in [0.3, 0.4) is 0 Å². The minimum absolute atomic E-state index is 0.319. The van der Waals surface area contributed by atoms with E-state index in [0.717, 1.165) is 5.56 Å². The maximum atomic E-state index is 12.5. The molecule has 3 rings (SSSR count). The van der Waals surface area contributed by atoms with Crippen molar-refractivity contribution in [3.05, 3.63) is 93.4 Å². The van der Waals surface area contributed by atoms with Gasteiger partial charge in [0.1, 0.15) is 13.2 Å². The number of halogens is 2. The highest BCUT2D eigenvalue weighted by molar-refractivity contribution is 9.10. The van der Waals surface area contributed by atoms with Crippen LogP contribution in [0.4, 0.5) is 0 Å². The average molecular weight is 560 g/mol. The number of carbonyl (C=O) groups is 1. The summed E-state index contributed by atoms with van der Waals surface area (Å²) in [7, 11) is 3.05. The molecule has 0 aliphatic heterocycles. The molecule has 3 aromatic rings. The summed E-state index contributed by atoms with van der Waals surface area (Å²) >= 11 is 9.55. The maximum Gasteiger partial charge on any atom is 0.271 e. The first-order valence-corrected chi connectivity index (χ1v) is 11.6. The van der Waals surface area contributed by atoms with E-state index in [1.54, 1.807) is 49.6 Å². The zero-order valence-electron chi connectivity index (χ0n) is 19.2. The van der Waals surface area contributed by atoms with Crippen molar-refractivity contribution in [2.45, 2.75) is 6.61 Å². The zero-order valence-corrected chi connectivity index (χ0v) is 21.6. The molecular weight excluding hydrogens is 536 g/mol. The van der Waals surface area contributed by atoms with Gasteiger partial charge in [-0.2, -0.15) is 5.10 Å². The number of ether oxygens (including phenoxy) is 4. The summed E-state index contributed by atoms with van der Waals surface area (Å²) < 4.78 is 22.9. The molecule has 0 bridgehead atoms. The molecule has 7 nitrogen and oxygen atoms in total. The third-order valence-corrected chi connectivity index (χ3v) is 5.51. The Bertz CT molecular complexity index is 1230. The number of nitrogens with zero attached hydrogens (tertiary/aromatic N) is 1. The van der Waals surface area contributed by atoms with Crippen molar-refractivity contribution >= 4 is 39.7 Å². The third kappa shape index (κ3) is 7.24. The summed E-state index contributed by atoms with van der Waals surface area (Å²) in [5, 5.41) is 4.69. The number of rotatable bonds is 11. The van der Waals surface area contributed by atoms with Gasteiger partial charge in [0.2, 0.25) is 0 Å². The summed E-state index contributed by atoms with van der Waals surface area (Å²) in [6.07, 6.45) is 3.13. The number of carbonyl (C=O) groups excluding carboxylic acids is 1. The van der Waals surface area contributed by atoms with E-state index in [1.165, 1.54) is 13.3 Å². The molecule has 35 heavy (non-hydrogen) atoms. The van der Waals surface area contributed by atoms with Crippen molar-refractivity contribution < 1.29 is 23.7 Å². The summed E-state index contributed by atoms with van der Waals surface area (Å²) in [6.45, 7) is 4.26. The molecule has 3 aromatic carbocycles. The van der Waals surface area contributed by atoms with Crippen molar-refractivity contribution in [3.63, 3.8) is 0 Å². The fraction of sp³-hybridized carbons (Fsp3) is 0.154. The Morgan fingerprint density at radius 2 is 1.86 bits per heavy atom. The van der Waals surface area contributed by atoms with Crippen LogP contribution in [0.2, 0.25) is 5.02 Å². The van der Waals surface area contributed by atoms with Crippen LogP contribution in [-0.2, 0) is 6.61 Å². The minimum Gasteiger partial charge on any atom is -0.493 e. The van der Waals surface area contributed by atoms with Crippen LogP contribution < -0.4 is 24.4 Å². The monoisotopic (exact) mass is 558 g/mol. The SMILES string of the molecule is C=CCOc1ccc(C(=O)N/N=C/c2cc(Br)c(OCc3cccc(Cl)c3)c(OC)c2)cc1OC. The lowest BCUT2D eigenvalue weighted by molar-refractivity contribution is 0.0954. The largest absolute Gasteiger partial charge is 0.493 e. The molecule has 0 aliphatic rings. The molecule has 9 heteroatoms. The maximum absolute atomic E-state index is 12.5. The molecule has 0 unspecified atom stereocenters. The van der Waals surface area contributed by atoms with Gasteiger partial charge in [0, 0.05) is 10.6 Å². The van der Waals surface area contributed by atoms with Gasteiger partial charge in [0.15, 0.2) is 23.0 Å². The summed E-state index contributed by atoms with van der Waals surface area (Å²) in [6, 6.07) is 15.8. The lowest BCUT2D eigenvalue weighted by Crippen LogP contribution is -2.17. The molecule has 0 saturated carbocycles. The second-order valence-corrected chi connectivity index (χ2v) is 8.41. The Morgan fingerprint density at radius 3 is 2.57 bits per heavy atom. The molecule has 0 atom stereocenters. The first-order valence-electron chi connectivity index (χ1n) is 10.4. The topological polar surface area (TPSA) is 78.4 Å². The first kappa shape index (κ1) is 26.1. The molecule has 1 amide bonds. The Morgan fingerprint density at radius 1 is 1.06 bits per heavy atom. The predicted molar refractivity (Wildman–Crippen MR) is 140 cm³/mol. The number of hydrogen-bond acceptors (Lipinski definition) is 6. The van der Waals surface area contributed by atoms with Crippen molar-refractivity contribution in [1.29, 1.82) is 0 Å². The summed E-state index contributed by atoms with van der Waals surface area (Å²) in [5.41, 5.74) is 4.49. The fourth-order valence-corrected chi connectivity index (χ4v) is 3.83. The molecule has 0 fully saturated rings. The molecule has 0 heterocycles. The molecule has 0 spiro atoms. The Hall–Kier alpha value is -3.49. The van der Waals surface area contributed by atoms with E-state index in [4.69, 9.17) is 30.5 Å². The lowest BCUT2D eigenvalue weighted by Gasteiger charge is -2.13. The van der Waals surface area contributed by atoms with Crippen LogP contribution in [0.25, 0.3) is 0 Å². The number of nitrogens with one attached hydrogen (secondary N) is 1. The highest BCUT2D eigenvalue weighted by Gasteiger charge is 2.13. The minimum atomic E-state index is -0.401. The second kappa shape index (κ2) is 12.8. The first-order chi connectivity index (χ1) is 16.9. The Kier molecular flexibility index (Phi) is 9.57. The Balaban J connectivity index is 1.68. The number of benzene rings is 3. The van der Waals surface area contributed by atoms with Crippen LogP contribution >= 0.6 is 27.5 Å². The van der Waals surface area contributed by atoms with Crippen LogP contribution in [0, 0.1) is 0 Å². The zero-order chi connectivity index (χ0) is 25.2. The highest BCUT2D eigenvalue weighted by Crippen LogP contribution is 2.37. The van der Waals surface area contributed by atoms with Gasteiger partial charge >= 0.3 is 0 Å². The fourth-order valence-electron chi connectivity index (χ4n) is 3.04. The van der Waals surface area contributed by atoms with Gasteiger partial charge < -0.3 is 18.9 Å². The van der Waals surface area contributed by atoms with Gasteiger partial charge in [0.05, 0.1) is 24.9 Å².